The van der Waals surface area contributed by atoms with Gasteiger partial charge in [0.15, 0.2) is 0 Å². The summed E-state index contributed by atoms with van der Waals surface area (Å²) >= 11 is 3.40. The van der Waals surface area contributed by atoms with Crippen LogP contribution in [0.1, 0.15) is 13.8 Å². The van der Waals surface area contributed by atoms with Crippen LogP contribution in [0.15, 0.2) is 20.2 Å². The molecule has 0 rings (SSSR count). The quantitative estimate of drug-likeness (QED) is 0.742. The SMILES string of the molecule is CC=N/C(C)=C(/N)[C](=[W])[N]=[V]. The van der Waals surface area contributed by atoms with E-state index in [9.17, 15) is 0 Å². The summed E-state index contributed by atoms with van der Waals surface area (Å²) in [6.45, 7) is 3.73. The van der Waals surface area contributed by atoms with E-state index in [4.69, 9.17) is 5.73 Å². The van der Waals surface area contributed by atoms with Gasteiger partial charge in [-0.1, -0.05) is 0 Å². The van der Waals surface area contributed by atoms with E-state index in [2.05, 4.69) is 26.0 Å². The number of rotatable bonds is 3. The number of nitrogens with two attached hydrogens (primary N) is 1. The van der Waals surface area contributed by atoms with Gasteiger partial charge in [-0.05, 0) is 0 Å². The molecule has 0 aromatic carbocycles. The van der Waals surface area contributed by atoms with Crippen molar-refractivity contribution in [3.8, 4) is 0 Å². The van der Waals surface area contributed by atoms with Gasteiger partial charge in [-0.25, -0.2) is 0 Å². The van der Waals surface area contributed by atoms with Gasteiger partial charge >= 0.3 is 86.6 Å². The molecule has 0 spiro atoms. The van der Waals surface area contributed by atoms with Gasteiger partial charge in [-0.3, -0.25) is 0 Å². The Balaban J connectivity index is 4.65. The molecule has 0 atom stereocenters. The molecule has 11 heavy (non-hydrogen) atoms. The first-order valence-corrected chi connectivity index (χ1v) is 5.07. The van der Waals surface area contributed by atoms with E-state index in [1.54, 1.807) is 6.21 Å². The monoisotopic (exact) mass is 358 g/mol. The number of hydrogen-bond acceptors (Lipinski definition) is 3. The molecule has 0 radical (unpaired) electrons. The number of allylic oxidation sites excluding steroid dienone is 1. The zero-order valence-electron chi connectivity index (χ0n) is 6.40. The second kappa shape index (κ2) is 5.76. The molecule has 0 unspecified atom stereocenters. The van der Waals surface area contributed by atoms with Crippen LogP contribution in [0.3, 0.4) is 0 Å². The van der Waals surface area contributed by atoms with E-state index in [0.29, 0.717) is 5.70 Å². The van der Waals surface area contributed by atoms with Crippen LogP contribution in [0.5, 0.6) is 0 Å². The van der Waals surface area contributed by atoms with Crippen LogP contribution in [0.4, 0.5) is 0 Å². The van der Waals surface area contributed by atoms with Gasteiger partial charge in [0.2, 0.25) is 0 Å². The predicted molar refractivity (Wildman–Crippen MR) is 38.5 cm³/mol. The van der Waals surface area contributed by atoms with Crippen molar-refractivity contribution < 1.29 is 36.6 Å². The molecule has 0 aliphatic heterocycles. The fourth-order valence-electron chi connectivity index (χ4n) is 0.472. The minimum atomic E-state index is 0.679. The average Bonchev–Trinajstić information content (AvgIpc) is 2.02. The summed E-state index contributed by atoms with van der Waals surface area (Å²) in [5.41, 5.74) is 7.21. The van der Waals surface area contributed by atoms with E-state index in [1.807, 2.05) is 13.8 Å². The Hall–Kier alpha value is 0.153. The molecule has 0 saturated carbocycles. The van der Waals surface area contributed by atoms with Gasteiger partial charge in [0.25, 0.3) is 0 Å². The van der Waals surface area contributed by atoms with Crippen molar-refractivity contribution in [3.05, 3.63) is 11.4 Å². The zero-order valence-corrected chi connectivity index (χ0v) is 10.7. The summed E-state index contributed by atoms with van der Waals surface area (Å²) in [5, 5.41) is 0. The maximum atomic E-state index is 5.70. The third-order valence-electron chi connectivity index (χ3n) is 1.03. The first-order valence-electron chi connectivity index (χ1n) is 2.98. The molecule has 0 heterocycles. The summed E-state index contributed by atoms with van der Waals surface area (Å²) in [4.78, 5) is 4.05. The van der Waals surface area contributed by atoms with Crippen LogP contribution >= 0.6 is 0 Å². The van der Waals surface area contributed by atoms with Gasteiger partial charge in [0.05, 0.1) is 0 Å². The fourth-order valence-corrected chi connectivity index (χ4v) is 1.17. The maximum absolute atomic E-state index is 5.70. The van der Waals surface area contributed by atoms with Crippen LogP contribution < -0.4 is 5.73 Å². The number of hydrogen-bond donors (Lipinski definition) is 1. The Morgan fingerprint density at radius 3 is 2.55 bits per heavy atom. The molecule has 2 N–H and O–H groups in total. The summed E-state index contributed by atoms with van der Waals surface area (Å²) in [7, 11) is 0. The minimum absolute atomic E-state index is 0.679. The Kier molecular flexibility index (Phi) is 5.84. The summed E-state index contributed by atoms with van der Waals surface area (Å²) in [6.07, 6.45) is 1.72. The van der Waals surface area contributed by atoms with Crippen molar-refractivity contribution in [2.24, 2.45) is 14.5 Å². The first kappa shape index (κ1) is 11.2. The van der Waals surface area contributed by atoms with Crippen molar-refractivity contribution in [1.82, 2.24) is 0 Å². The molecular formula is C6H9N3VW. The molecule has 0 fully saturated rings. The Morgan fingerprint density at radius 1 is 1.64 bits per heavy atom. The first-order chi connectivity index (χ1) is 5.13. The van der Waals surface area contributed by atoms with Crippen LogP contribution in [0, 0.1) is 0 Å². The molecule has 3 nitrogen and oxygen atoms in total. The molecule has 0 amide bonds. The van der Waals surface area contributed by atoms with Gasteiger partial charge in [0, 0.05) is 0 Å². The van der Waals surface area contributed by atoms with Gasteiger partial charge in [-0.15, -0.1) is 0 Å². The topological polar surface area (TPSA) is 50.7 Å². The van der Waals surface area contributed by atoms with Crippen LogP contribution in [-0.4, -0.2) is 10.2 Å². The molecule has 0 saturated heterocycles. The van der Waals surface area contributed by atoms with E-state index in [-0.39, 0.29) is 0 Å². The van der Waals surface area contributed by atoms with E-state index in [1.165, 1.54) is 19.4 Å². The van der Waals surface area contributed by atoms with E-state index in [0.717, 1.165) is 9.72 Å². The summed E-state index contributed by atoms with van der Waals surface area (Å²) in [6, 6.07) is 0. The Bertz CT molecular complexity index is 232. The van der Waals surface area contributed by atoms with E-state index >= 15 is 0 Å². The molecule has 0 aliphatic rings. The summed E-state index contributed by atoms with van der Waals surface area (Å²) < 4.78 is 4.81. The predicted octanol–water partition coefficient (Wildman–Crippen LogP) is 0.674. The van der Waals surface area contributed by atoms with Crippen molar-refractivity contribution in [3.63, 3.8) is 0 Å². The molecule has 0 bridgehead atoms. The zero-order chi connectivity index (χ0) is 8.85. The second-order valence-electron chi connectivity index (χ2n) is 1.79. The third-order valence-corrected chi connectivity index (χ3v) is 3.32. The molecule has 0 aromatic heterocycles. The van der Waals surface area contributed by atoms with Crippen molar-refractivity contribution >= 4 is 10.2 Å². The van der Waals surface area contributed by atoms with Crippen molar-refractivity contribution in [2.45, 2.75) is 13.8 Å². The Morgan fingerprint density at radius 2 is 2.18 bits per heavy atom. The third kappa shape index (κ3) is 3.90. The van der Waals surface area contributed by atoms with Gasteiger partial charge in [0.1, 0.15) is 0 Å². The molecular weight excluding hydrogens is 349 g/mol. The van der Waals surface area contributed by atoms with Crippen LogP contribution in [-0.2, 0) is 36.6 Å². The van der Waals surface area contributed by atoms with Crippen LogP contribution in [0.2, 0.25) is 0 Å². The molecule has 59 valence electrons. The Labute approximate surface area is 86.3 Å². The van der Waals surface area contributed by atoms with E-state index < -0.39 is 0 Å². The second-order valence-corrected chi connectivity index (χ2v) is 3.49. The summed E-state index contributed by atoms with van der Waals surface area (Å²) in [5.74, 6) is 0. The normalized spacial score (nSPS) is 12.8. The standard InChI is InChI=1S/C6H9N3.V.W/c1-3-9-5(2)6(8)4-7;;/h3H,8H2,1-2H3;;/b6-5+,9-3?;;. The van der Waals surface area contributed by atoms with Crippen molar-refractivity contribution in [1.29, 1.82) is 0 Å². The van der Waals surface area contributed by atoms with Crippen molar-refractivity contribution in [2.75, 3.05) is 0 Å². The number of aliphatic imine (C=N–C) groups is 1. The van der Waals surface area contributed by atoms with Gasteiger partial charge < -0.3 is 0 Å². The fraction of sp³-hybridized carbons (Fsp3) is 0.333. The molecule has 5 heteroatoms. The molecule has 0 aliphatic carbocycles. The number of nitrogens with zero attached hydrogens (tertiary/aromatic N) is 2. The van der Waals surface area contributed by atoms with Gasteiger partial charge in [-0.2, -0.15) is 0 Å². The molecule has 0 aromatic rings. The average molecular weight is 358 g/mol. The van der Waals surface area contributed by atoms with Crippen LogP contribution in [0.25, 0.3) is 0 Å².